The zero-order chi connectivity index (χ0) is 48.6. The van der Waals surface area contributed by atoms with E-state index in [1.807, 2.05) is 0 Å². The first kappa shape index (κ1) is 62.5. The predicted molar refractivity (Wildman–Crippen MR) is 288 cm³/mol. The van der Waals surface area contributed by atoms with Gasteiger partial charge in [-0.2, -0.15) is 0 Å². The fourth-order valence-electron chi connectivity index (χ4n) is 6.67. The van der Waals surface area contributed by atoms with Crippen LogP contribution < -0.4 is 0 Å². The Morgan fingerprint density at radius 1 is 0.313 bits per heavy atom. The fraction of sp³-hybridized carbons (Fsp3) is 0.590. The maximum absolute atomic E-state index is 12.8. The average Bonchev–Trinajstić information content (AvgIpc) is 3.33. The third-order valence-electron chi connectivity index (χ3n) is 10.6. The summed E-state index contributed by atoms with van der Waals surface area (Å²) in [6.07, 6.45) is 75.8. The van der Waals surface area contributed by atoms with Gasteiger partial charge < -0.3 is 14.2 Å². The van der Waals surface area contributed by atoms with Crippen LogP contribution in [0.25, 0.3) is 0 Å². The summed E-state index contributed by atoms with van der Waals surface area (Å²) in [6.45, 7) is 6.26. The maximum atomic E-state index is 12.8. The predicted octanol–water partition coefficient (Wildman–Crippen LogP) is 17.9. The van der Waals surface area contributed by atoms with Crippen LogP contribution >= 0.6 is 0 Å². The molecular weight excluding hydrogens is 829 g/mol. The molecule has 0 amide bonds. The summed E-state index contributed by atoms with van der Waals surface area (Å²) in [5.74, 6) is -0.988. The fourth-order valence-corrected chi connectivity index (χ4v) is 6.67. The Kier molecular flexibility index (Phi) is 50.6. The molecule has 6 nitrogen and oxygen atoms in total. The van der Waals surface area contributed by atoms with Gasteiger partial charge in [0.25, 0.3) is 0 Å². The number of hydrogen-bond acceptors (Lipinski definition) is 6. The number of hydrogen-bond donors (Lipinski definition) is 0. The van der Waals surface area contributed by atoms with E-state index in [0.29, 0.717) is 12.8 Å². The first-order valence-electron chi connectivity index (χ1n) is 26.7. The van der Waals surface area contributed by atoms with Crippen molar-refractivity contribution in [2.45, 2.75) is 219 Å². The molecule has 0 aliphatic carbocycles. The van der Waals surface area contributed by atoms with Crippen LogP contribution in [0, 0.1) is 0 Å². The third kappa shape index (κ3) is 52.4. The van der Waals surface area contributed by atoms with Gasteiger partial charge in [0.05, 0.1) is 0 Å². The van der Waals surface area contributed by atoms with E-state index in [4.69, 9.17) is 14.2 Å². The van der Waals surface area contributed by atoms with Gasteiger partial charge in [-0.3, -0.25) is 14.4 Å². The van der Waals surface area contributed by atoms with E-state index in [9.17, 15) is 14.4 Å². The zero-order valence-electron chi connectivity index (χ0n) is 42.9. The first-order valence-corrected chi connectivity index (χ1v) is 26.7. The highest BCUT2D eigenvalue weighted by Crippen LogP contribution is 2.12. The van der Waals surface area contributed by atoms with E-state index in [-0.39, 0.29) is 37.5 Å². The Morgan fingerprint density at radius 2 is 0.582 bits per heavy atom. The lowest BCUT2D eigenvalue weighted by Gasteiger charge is -2.18. The van der Waals surface area contributed by atoms with Gasteiger partial charge in [0, 0.05) is 19.3 Å². The number of carbonyl (C=O) groups excluding carboxylic acids is 3. The molecule has 0 fully saturated rings. The Bertz CT molecular complexity index is 1480. The molecule has 0 aromatic rings. The number of rotatable bonds is 46. The van der Waals surface area contributed by atoms with Crippen LogP contribution in [0.2, 0.25) is 0 Å². The first-order chi connectivity index (χ1) is 33.0. The number of unbranched alkanes of at least 4 members (excludes halogenated alkanes) is 13. The van der Waals surface area contributed by atoms with Crippen molar-refractivity contribution in [3.63, 3.8) is 0 Å². The lowest BCUT2D eigenvalue weighted by atomic mass is 10.1. The van der Waals surface area contributed by atoms with Crippen molar-refractivity contribution >= 4 is 17.9 Å². The van der Waals surface area contributed by atoms with Crippen molar-refractivity contribution in [1.82, 2.24) is 0 Å². The molecule has 67 heavy (non-hydrogen) atoms. The molecule has 0 aliphatic rings. The molecular formula is C61H96O6. The summed E-state index contributed by atoms with van der Waals surface area (Å²) < 4.78 is 16.7. The molecule has 0 aromatic carbocycles. The summed E-state index contributed by atoms with van der Waals surface area (Å²) in [5, 5.41) is 0. The molecule has 0 saturated heterocycles. The normalized spacial score (nSPS) is 13.2. The summed E-state index contributed by atoms with van der Waals surface area (Å²) in [4.78, 5) is 38.0. The standard InChI is InChI=1S/C61H96O6/c1-4-7-10-13-16-19-22-25-26-27-28-29-30-31-32-33-34-37-39-42-45-48-51-54-60(63)66-57-58(67-61(64)55-52-49-46-43-40-36-24-21-18-15-12-9-6-3)56-65-59(62)53-50-47-44-41-38-35-23-20-17-14-11-8-5-2/h7,9-12,14,16,18-21,23,25-26,28-29,31-32,34,36-37,40,58H,4-6,8,13,15,17,22,24,27,30,33,35,38-39,41-57H2,1-3H3/b10-7-,12-9-,14-11-,19-16-,21-18-,23-20-,26-25-,29-28-,32-31-,37-34-,40-36-. The van der Waals surface area contributed by atoms with Gasteiger partial charge in [-0.1, -0.05) is 199 Å². The minimum atomic E-state index is -0.814. The van der Waals surface area contributed by atoms with Crippen LogP contribution in [0.5, 0.6) is 0 Å². The van der Waals surface area contributed by atoms with Crippen molar-refractivity contribution in [2.75, 3.05) is 13.2 Å². The lowest BCUT2D eigenvalue weighted by molar-refractivity contribution is -0.167. The minimum absolute atomic E-state index is 0.111. The Labute approximate surface area is 411 Å². The second kappa shape index (κ2) is 54.2. The van der Waals surface area contributed by atoms with Crippen molar-refractivity contribution in [2.24, 2.45) is 0 Å². The molecule has 0 heterocycles. The van der Waals surface area contributed by atoms with Gasteiger partial charge in [-0.25, -0.2) is 0 Å². The van der Waals surface area contributed by atoms with Crippen LogP contribution in [-0.4, -0.2) is 37.2 Å². The van der Waals surface area contributed by atoms with Gasteiger partial charge in [0.1, 0.15) is 13.2 Å². The topological polar surface area (TPSA) is 78.9 Å². The van der Waals surface area contributed by atoms with E-state index in [1.54, 1.807) is 0 Å². The van der Waals surface area contributed by atoms with Gasteiger partial charge in [-0.15, -0.1) is 0 Å². The molecule has 0 N–H and O–H groups in total. The van der Waals surface area contributed by atoms with Crippen LogP contribution in [0.15, 0.2) is 134 Å². The Hall–Kier alpha value is -4.45. The molecule has 0 spiro atoms. The largest absolute Gasteiger partial charge is 0.462 e. The van der Waals surface area contributed by atoms with Crippen LogP contribution in [0.4, 0.5) is 0 Å². The lowest BCUT2D eigenvalue weighted by Crippen LogP contribution is -2.30. The average molecular weight is 925 g/mol. The molecule has 0 aromatic heterocycles. The summed E-state index contributed by atoms with van der Waals surface area (Å²) in [6, 6.07) is 0. The highest BCUT2D eigenvalue weighted by Gasteiger charge is 2.19. The molecule has 0 aliphatic heterocycles. The summed E-state index contributed by atoms with van der Waals surface area (Å²) in [7, 11) is 0. The number of esters is 3. The second-order valence-electron chi connectivity index (χ2n) is 17.0. The molecule has 1 atom stereocenters. The van der Waals surface area contributed by atoms with Crippen LogP contribution in [0.3, 0.4) is 0 Å². The molecule has 0 rings (SSSR count). The van der Waals surface area contributed by atoms with E-state index >= 15 is 0 Å². The third-order valence-corrected chi connectivity index (χ3v) is 10.6. The summed E-state index contributed by atoms with van der Waals surface area (Å²) in [5.41, 5.74) is 0. The number of ether oxygens (including phenoxy) is 3. The second-order valence-corrected chi connectivity index (χ2v) is 17.0. The van der Waals surface area contributed by atoms with Crippen molar-refractivity contribution in [1.29, 1.82) is 0 Å². The van der Waals surface area contributed by atoms with Crippen LogP contribution in [-0.2, 0) is 28.6 Å². The zero-order valence-corrected chi connectivity index (χ0v) is 42.9. The molecule has 6 heteroatoms. The van der Waals surface area contributed by atoms with E-state index in [1.165, 1.54) is 6.42 Å². The molecule has 0 bridgehead atoms. The summed E-state index contributed by atoms with van der Waals surface area (Å²) >= 11 is 0. The maximum Gasteiger partial charge on any atom is 0.306 e. The highest BCUT2D eigenvalue weighted by molar-refractivity contribution is 5.71. The van der Waals surface area contributed by atoms with Gasteiger partial charge in [0.15, 0.2) is 6.10 Å². The Morgan fingerprint density at radius 3 is 0.925 bits per heavy atom. The minimum Gasteiger partial charge on any atom is -0.462 e. The molecule has 376 valence electrons. The smallest absolute Gasteiger partial charge is 0.306 e. The van der Waals surface area contributed by atoms with E-state index < -0.39 is 6.10 Å². The number of allylic oxidation sites excluding steroid dienone is 22. The number of carbonyl (C=O) groups is 3. The van der Waals surface area contributed by atoms with Crippen molar-refractivity contribution in [3.8, 4) is 0 Å². The quantitative estimate of drug-likeness (QED) is 0.0262. The SMILES string of the molecule is CC/C=C\C/C=C\C/C=C\C/C=C\C/C=C\C/C=C\CCCCCCC(=O)OCC(COC(=O)CCCCCCC/C=C\C/C=C\CCC)OC(=O)CCCCC/C=C\C/C=C\C/C=C\CC. The van der Waals surface area contributed by atoms with Gasteiger partial charge in [-0.05, 0) is 128 Å². The van der Waals surface area contributed by atoms with Gasteiger partial charge in [0.2, 0.25) is 0 Å². The van der Waals surface area contributed by atoms with E-state index in [2.05, 4.69) is 154 Å². The molecule has 1 unspecified atom stereocenters. The monoisotopic (exact) mass is 925 g/mol. The molecule has 0 radical (unpaired) electrons. The van der Waals surface area contributed by atoms with Crippen molar-refractivity contribution in [3.05, 3.63) is 134 Å². The highest BCUT2D eigenvalue weighted by atomic mass is 16.6. The van der Waals surface area contributed by atoms with Crippen LogP contribution in [0.1, 0.15) is 213 Å². The van der Waals surface area contributed by atoms with E-state index in [0.717, 1.165) is 167 Å². The van der Waals surface area contributed by atoms with Crippen molar-refractivity contribution < 1.29 is 28.6 Å². The molecule has 0 saturated carbocycles. The Balaban J connectivity index is 4.46. The van der Waals surface area contributed by atoms with Gasteiger partial charge >= 0.3 is 17.9 Å².